The molecule has 0 radical (unpaired) electrons. The van der Waals surface area contributed by atoms with Crippen molar-refractivity contribution in [3.8, 4) is 0 Å². The van der Waals surface area contributed by atoms with E-state index in [2.05, 4.69) is 12.2 Å². The van der Waals surface area contributed by atoms with Crippen molar-refractivity contribution in [2.75, 3.05) is 6.61 Å². The van der Waals surface area contributed by atoms with Gasteiger partial charge in [-0.05, 0) is 29.7 Å². The van der Waals surface area contributed by atoms with Crippen LogP contribution in [0.15, 0.2) is 54.6 Å². The minimum Gasteiger partial charge on any atom is -0.394 e. The molecule has 0 fully saturated rings. The van der Waals surface area contributed by atoms with Crippen molar-refractivity contribution in [2.24, 2.45) is 0 Å². The molecule has 1 unspecified atom stereocenters. The van der Waals surface area contributed by atoms with Crippen molar-refractivity contribution in [1.29, 1.82) is 0 Å². The third-order valence-corrected chi connectivity index (χ3v) is 3.72. The second-order valence-electron chi connectivity index (χ2n) is 4.82. The third-order valence-electron chi connectivity index (χ3n) is 3.47. The normalized spacial score (nSPS) is 13.9. The van der Waals surface area contributed by atoms with Gasteiger partial charge in [0.25, 0.3) is 0 Å². The van der Waals surface area contributed by atoms with Crippen molar-refractivity contribution in [2.45, 2.75) is 25.4 Å². The molecule has 2 aromatic carbocycles. The van der Waals surface area contributed by atoms with Crippen molar-refractivity contribution < 1.29 is 5.11 Å². The number of hydrogen-bond acceptors (Lipinski definition) is 2. The molecule has 3 heteroatoms. The first-order chi connectivity index (χ1) is 9.74. The van der Waals surface area contributed by atoms with Crippen LogP contribution in [-0.2, 0) is 0 Å². The molecule has 106 valence electrons. The SMILES string of the molecule is CCC(N[C@@H](CO)c1ccccc1)c1ccc(Cl)cc1. The molecule has 0 amide bonds. The number of aliphatic hydroxyl groups excluding tert-OH is 1. The van der Waals surface area contributed by atoms with Crippen molar-refractivity contribution in [1.82, 2.24) is 5.32 Å². The Kier molecular flexibility index (Phi) is 5.60. The minimum absolute atomic E-state index is 0.0585. The lowest BCUT2D eigenvalue weighted by atomic mass is 10.0. The molecule has 2 rings (SSSR count). The van der Waals surface area contributed by atoms with E-state index in [4.69, 9.17) is 11.6 Å². The highest BCUT2D eigenvalue weighted by molar-refractivity contribution is 6.30. The van der Waals surface area contributed by atoms with Crippen LogP contribution in [0.2, 0.25) is 5.02 Å². The van der Waals surface area contributed by atoms with Gasteiger partial charge in [0.1, 0.15) is 0 Å². The standard InChI is InChI=1S/C17H20ClNO/c1-2-16(14-8-10-15(18)11-9-14)19-17(12-20)13-6-4-3-5-7-13/h3-11,16-17,19-20H,2,12H2,1H3/t16?,17-/m0/s1. The summed E-state index contributed by atoms with van der Waals surface area (Å²) in [4.78, 5) is 0. The summed E-state index contributed by atoms with van der Waals surface area (Å²) in [6, 6.07) is 18.0. The maximum Gasteiger partial charge on any atom is 0.0626 e. The van der Waals surface area contributed by atoms with Crippen LogP contribution < -0.4 is 5.32 Å². The number of hydrogen-bond donors (Lipinski definition) is 2. The van der Waals surface area contributed by atoms with E-state index in [9.17, 15) is 5.11 Å². The summed E-state index contributed by atoms with van der Waals surface area (Å²) in [6.45, 7) is 2.21. The zero-order chi connectivity index (χ0) is 14.4. The number of nitrogens with one attached hydrogen (secondary N) is 1. The molecule has 0 bridgehead atoms. The van der Waals surface area contributed by atoms with E-state index < -0.39 is 0 Å². The maximum atomic E-state index is 9.63. The first-order valence-corrected chi connectivity index (χ1v) is 7.29. The van der Waals surface area contributed by atoms with Gasteiger partial charge in [-0.25, -0.2) is 0 Å². The molecule has 0 saturated heterocycles. The van der Waals surface area contributed by atoms with Crippen LogP contribution in [0.1, 0.15) is 36.6 Å². The average molecular weight is 290 g/mol. The third kappa shape index (κ3) is 3.83. The van der Waals surface area contributed by atoms with E-state index >= 15 is 0 Å². The monoisotopic (exact) mass is 289 g/mol. The molecule has 0 aliphatic carbocycles. The molecule has 0 saturated carbocycles. The van der Waals surface area contributed by atoms with Gasteiger partial charge in [0.2, 0.25) is 0 Å². The summed E-state index contributed by atoms with van der Waals surface area (Å²) in [6.07, 6.45) is 0.949. The highest BCUT2D eigenvalue weighted by atomic mass is 35.5. The van der Waals surface area contributed by atoms with Gasteiger partial charge in [0, 0.05) is 11.1 Å². The summed E-state index contributed by atoms with van der Waals surface area (Å²) in [5.74, 6) is 0. The van der Waals surface area contributed by atoms with E-state index in [0.29, 0.717) is 0 Å². The number of rotatable bonds is 6. The Labute approximate surface area is 125 Å². The Morgan fingerprint density at radius 3 is 2.10 bits per heavy atom. The molecule has 0 aromatic heterocycles. The summed E-state index contributed by atoms with van der Waals surface area (Å²) in [5.41, 5.74) is 2.29. The minimum atomic E-state index is -0.0585. The molecular formula is C17H20ClNO. The van der Waals surface area contributed by atoms with Crippen molar-refractivity contribution in [3.05, 3.63) is 70.7 Å². The molecule has 0 heterocycles. The van der Waals surface area contributed by atoms with Gasteiger partial charge in [-0.15, -0.1) is 0 Å². The first kappa shape index (κ1) is 15.0. The number of aliphatic hydroxyl groups is 1. The smallest absolute Gasteiger partial charge is 0.0626 e. The van der Waals surface area contributed by atoms with Crippen LogP contribution in [0, 0.1) is 0 Å². The Bertz CT molecular complexity index is 512. The average Bonchev–Trinajstić information content (AvgIpc) is 2.51. The van der Waals surface area contributed by atoms with E-state index in [1.165, 1.54) is 5.56 Å². The van der Waals surface area contributed by atoms with Gasteiger partial charge < -0.3 is 10.4 Å². The Morgan fingerprint density at radius 1 is 0.950 bits per heavy atom. The van der Waals surface area contributed by atoms with Gasteiger partial charge in [0.15, 0.2) is 0 Å². The molecule has 0 spiro atoms. The molecule has 2 atom stereocenters. The van der Waals surface area contributed by atoms with Crippen LogP contribution in [-0.4, -0.2) is 11.7 Å². The predicted octanol–water partition coefficient (Wildman–Crippen LogP) is 4.11. The van der Waals surface area contributed by atoms with Crippen molar-refractivity contribution in [3.63, 3.8) is 0 Å². The largest absolute Gasteiger partial charge is 0.394 e. The van der Waals surface area contributed by atoms with Crippen LogP contribution in [0.3, 0.4) is 0 Å². The molecular weight excluding hydrogens is 270 g/mol. The Hall–Kier alpha value is -1.35. The highest BCUT2D eigenvalue weighted by Gasteiger charge is 2.16. The summed E-state index contributed by atoms with van der Waals surface area (Å²) in [7, 11) is 0. The molecule has 20 heavy (non-hydrogen) atoms. The lowest BCUT2D eigenvalue weighted by molar-refractivity contribution is 0.232. The zero-order valence-corrected chi connectivity index (χ0v) is 12.3. The second kappa shape index (κ2) is 7.44. The molecule has 2 aromatic rings. The lowest BCUT2D eigenvalue weighted by Gasteiger charge is -2.24. The topological polar surface area (TPSA) is 32.3 Å². The second-order valence-corrected chi connectivity index (χ2v) is 5.26. The van der Waals surface area contributed by atoms with Crippen LogP contribution in [0.4, 0.5) is 0 Å². The van der Waals surface area contributed by atoms with E-state index in [-0.39, 0.29) is 18.7 Å². The van der Waals surface area contributed by atoms with Crippen LogP contribution in [0.25, 0.3) is 0 Å². The Morgan fingerprint density at radius 2 is 1.55 bits per heavy atom. The highest BCUT2D eigenvalue weighted by Crippen LogP contribution is 2.23. The molecule has 2 N–H and O–H groups in total. The van der Waals surface area contributed by atoms with Gasteiger partial charge in [-0.1, -0.05) is 61.0 Å². The number of halogens is 1. The van der Waals surface area contributed by atoms with Crippen LogP contribution >= 0.6 is 11.6 Å². The van der Waals surface area contributed by atoms with Gasteiger partial charge in [-0.3, -0.25) is 0 Å². The lowest BCUT2D eigenvalue weighted by Crippen LogP contribution is -2.28. The van der Waals surface area contributed by atoms with E-state index in [0.717, 1.165) is 17.0 Å². The van der Waals surface area contributed by atoms with E-state index in [1.807, 2.05) is 54.6 Å². The summed E-state index contributed by atoms with van der Waals surface area (Å²) < 4.78 is 0. The van der Waals surface area contributed by atoms with Crippen molar-refractivity contribution >= 4 is 11.6 Å². The predicted molar refractivity (Wildman–Crippen MR) is 83.9 cm³/mol. The maximum absolute atomic E-state index is 9.63. The Balaban J connectivity index is 2.14. The molecule has 0 aliphatic heterocycles. The first-order valence-electron chi connectivity index (χ1n) is 6.92. The van der Waals surface area contributed by atoms with Gasteiger partial charge in [0.05, 0.1) is 12.6 Å². The van der Waals surface area contributed by atoms with Gasteiger partial charge in [-0.2, -0.15) is 0 Å². The van der Waals surface area contributed by atoms with E-state index in [1.54, 1.807) is 0 Å². The molecule has 0 aliphatic rings. The zero-order valence-electron chi connectivity index (χ0n) is 11.6. The van der Waals surface area contributed by atoms with Gasteiger partial charge >= 0.3 is 0 Å². The summed E-state index contributed by atoms with van der Waals surface area (Å²) >= 11 is 5.93. The fraction of sp³-hybridized carbons (Fsp3) is 0.294. The fourth-order valence-electron chi connectivity index (χ4n) is 2.33. The number of benzene rings is 2. The quantitative estimate of drug-likeness (QED) is 0.838. The molecule has 2 nitrogen and oxygen atoms in total. The van der Waals surface area contributed by atoms with Crippen LogP contribution in [0.5, 0.6) is 0 Å². The fourth-order valence-corrected chi connectivity index (χ4v) is 2.45. The summed E-state index contributed by atoms with van der Waals surface area (Å²) in [5, 5.41) is 13.9.